The molecule has 3 rings (SSSR count). The second-order valence-corrected chi connectivity index (χ2v) is 8.42. The first-order valence-corrected chi connectivity index (χ1v) is 10.7. The third kappa shape index (κ3) is 4.29. The van der Waals surface area contributed by atoms with Crippen molar-refractivity contribution in [3.63, 3.8) is 0 Å². The number of benzene rings is 1. The minimum absolute atomic E-state index is 0.0231. The minimum atomic E-state index is -0.0231. The molecule has 1 aromatic carbocycles. The summed E-state index contributed by atoms with van der Waals surface area (Å²) < 4.78 is 1.05. The highest BCUT2D eigenvalue weighted by Crippen LogP contribution is 2.33. The van der Waals surface area contributed by atoms with Gasteiger partial charge >= 0.3 is 0 Å². The van der Waals surface area contributed by atoms with Crippen LogP contribution in [0.1, 0.15) is 30.8 Å². The number of amides is 1. The maximum Gasteiger partial charge on any atom is 0.230 e. The number of anilines is 2. The molecule has 0 saturated heterocycles. The Morgan fingerprint density at radius 3 is 2.68 bits per heavy atom. The van der Waals surface area contributed by atoms with Crippen molar-refractivity contribution >= 4 is 51.2 Å². The van der Waals surface area contributed by atoms with Gasteiger partial charge in [0.15, 0.2) is 5.13 Å². The standard InChI is InChI=1S/C18H19N3OS3/c1-4-14-7-5-6-8-16(14)21(13(3)22)17-20-15(10-23-17)11-25-18-19-12(2)9-24-18/h5-10H,4,11H2,1-3H3. The largest absolute Gasteiger partial charge is 0.274 e. The van der Waals surface area contributed by atoms with Gasteiger partial charge in [0.2, 0.25) is 5.91 Å². The summed E-state index contributed by atoms with van der Waals surface area (Å²) in [7, 11) is 0. The van der Waals surface area contributed by atoms with Crippen molar-refractivity contribution in [2.45, 2.75) is 37.3 Å². The molecule has 0 radical (unpaired) electrons. The van der Waals surface area contributed by atoms with Crippen LogP contribution in [0.25, 0.3) is 0 Å². The lowest BCUT2D eigenvalue weighted by atomic mass is 10.1. The summed E-state index contributed by atoms with van der Waals surface area (Å²) in [5.41, 5.74) is 4.08. The van der Waals surface area contributed by atoms with E-state index in [2.05, 4.69) is 23.0 Å². The fourth-order valence-corrected chi connectivity index (χ4v) is 5.16. The van der Waals surface area contributed by atoms with Crippen molar-refractivity contribution in [2.24, 2.45) is 0 Å². The molecule has 1 amide bonds. The number of carbonyl (C=O) groups is 1. The van der Waals surface area contributed by atoms with Crippen molar-refractivity contribution in [1.29, 1.82) is 0 Å². The van der Waals surface area contributed by atoms with Gasteiger partial charge in [-0.3, -0.25) is 9.69 Å². The summed E-state index contributed by atoms with van der Waals surface area (Å²) in [6, 6.07) is 8.00. The molecule has 0 aliphatic rings. The Hall–Kier alpha value is -1.70. The molecule has 130 valence electrons. The summed E-state index contributed by atoms with van der Waals surface area (Å²) in [6.07, 6.45) is 0.872. The number of rotatable bonds is 6. The van der Waals surface area contributed by atoms with E-state index in [1.807, 2.05) is 35.9 Å². The molecule has 7 heteroatoms. The maximum absolute atomic E-state index is 12.3. The summed E-state index contributed by atoms with van der Waals surface area (Å²) in [4.78, 5) is 23.1. The van der Waals surface area contributed by atoms with Crippen LogP contribution in [-0.4, -0.2) is 15.9 Å². The molecule has 0 saturated carbocycles. The molecular weight excluding hydrogens is 370 g/mol. The lowest BCUT2D eigenvalue weighted by Crippen LogP contribution is -2.23. The monoisotopic (exact) mass is 389 g/mol. The molecular formula is C18H19N3OS3. The van der Waals surface area contributed by atoms with Crippen molar-refractivity contribution in [1.82, 2.24) is 9.97 Å². The molecule has 0 unspecified atom stereocenters. The van der Waals surface area contributed by atoms with Gasteiger partial charge in [-0.25, -0.2) is 9.97 Å². The third-order valence-electron chi connectivity index (χ3n) is 3.60. The number of para-hydroxylation sites is 1. The molecule has 2 aromatic heterocycles. The summed E-state index contributed by atoms with van der Waals surface area (Å²) in [5, 5.41) is 4.79. The van der Waals surface area contributed by atoms with Crippen molar-refractivity contribution in [2.75, 3.05) is 4.90 Å². The third-order valence-corrected chi connectivity index (χ3v) is 6.65. The maximum atomic E-state index is 12.3. The van der Waals surface area contributed by atoms with E-state index in [4.69, 9.17) is 0 Å². The van der Waals surface area contributed by atoms with Crippen LogP contribution >= 0.6 is 34.4 Å². The molecule has 0 spiro atoms. The van der Waals surface area contributed by atoms with E-state index in [9.17, 15) is 4.79 Å². The van der Waals surface area contributed by atoms with Crippen LogP contribution in [0, 0.1) is 6.92 Å². The van der Waals surface area contributed by atoms with E-state index < -0.39 is 0 Å². The van der Waals surface area contributed by atoms with Crippen LogP contribution in [-0.2, 0) is 17.0 Å². The van der Waals surface area contributed by atoms with Crippen molar-refractivity contribution in [3.05, 3.63) is 52.0 Å². The first kappa shape index (κ1) is 18.1. The number of aromatic nitrogens is 2. The predicted octanol–water partition coefficient (Wildman–Crippen LogP) is 5.45. The SMILES string of the molecule is CCc1ccccc1N(C(C)=O)c1nc(CSc2nc(C)cs2)cs1. The van der Waals surface area contributed by atoms with Gasteiger partial charge < -0.3 is 0 Å². The van der Waals surface area contributed by atoms with Crippen LogP contribution in [0.5, 0.6) is 0 Å². The summed E-state index contributed by atoms with van der Waals surface area (Å²) in [6.45, 7) is 5.68. The van der Waals surface area contributed by atoms with Crippen LogP contribution in [0.3, 0.4) is 0 Å². The molecule has 0 aliphatic heterocycles. The molecule has 4 nitrogen and oxygen atoms in total. The first-order valence-electron chi connectivity index (χ1n) is 7.96. The fourth-order valence-electron chi connectivity index (χ4n) is 2.43. The highest BCUT2D eigenvalue weighted by molar-refractivity contribution is 8.00. The van der Waals surface area contributed by atoms with Crippen LogP contribution < -0.4 is 4.90 Å². The first-order chi connectivity index (χ1) is 12.1. The van der Waals surface area contributed by atoms with E-state index in [0.29, 0.717) is 0 Å². The highest BCUT2D eigenvalue weighted by Gasteiger charge is 2.20. The number of hydrogen-bond acceptors (Lipinski definition) is 6. The molecule has 0 atom stereocenters. The lowest BCUT2D eigenvalue weighted by Gasteiger charge is -2.20. The van der Waals surface area contributed by atoms with E-state index in [1.165, 1.54) is 11.3 Å². The molecule has 0 fully saturated rings. The number of thiazole rings is 2. The Balaban J connectivity index is 1.81. The van der Waals surface area contributed by atoms with Gasteiger partial charge in [-0.15, -0.1) is 22.7 Å². The van der Waals surface area contributed by atoms with Gasteiger partial charge in [-0.2, -0.15) is 0 Å². The second kappa shape index (κ2) is 8.12. The van der Waals surface area contributed by atoms with E-state index in [1.54, 1.807) is 34.9 Å². The zero-order valence-electron chi connectivity index (χ0n) is 14.4. The zero-order valence-corrected chi connectivity index (χ0v) is 16.8. The predicted molar refractivity (Wildman–Crippen MR) is 107 cm³/mol. The zero-order chi connectivity index (χ0) is 17.8. The van der Waals surface area contributed by atoms with Gasteiger partial charge in [0.25, 0.3) is 0 Å². The lowest BCUT2D eigenvalue weighted by molar-refractivity contribution is -0.115. The minimum Gasteiger partial charge on any atom is -0.274 e. The topological polar surface area (TPSA) is 46.1 Å². The van der Waals surface area contributed by atoms with Gasteiger partial charge in [0.05, 0.1) is 11.4 Å². The Kier molecular flexibility index (Phi) is 5.88. The molecule has 0 aliphatic carbocycles. The average molecular weight is 390 g/mol. The van der Waals surface area contributed by atoms with Gasteiger partial charge in [0.1, 0.15) is 4.34 Å². The van der Waals surface area contributed by atoms with Gasteiger partial charge in [-0.1, -0.05) is 36.9 Å². The number of nitrogens with zero attached hydrogens (tertiary/aromatic N) is 3. The quantitative estimate of drug-likeness (QED) is 0.526. The van der Waals surface area contributed by atoms with E-state index in [0.717, 1.165) is 44.3 Å². The molecule has 0 bridgehead atoms. The van der Waals surface area contributed by atoms with Gasteiger partial charge in [-0.05, 0) is 25.0 Å². The Bertz CT molecular complexity index is 872. The average Bonchev–Trinajstić information content (AvgIpc) is 3.22. The molecule has 25 heavy (non-hydrogen) atoms. The van der Waals surface area contributed by atoms with Crippen molar-refractivity contribution < 1.29 is 4.79 Å². The van der Waals surface area contributed by atoms with Crippen LogP contribution in [0.2, 0.25) is 0 Å². The molecule has 3 aromatic rings. The van der Waals surface area contributed by atoms with Gasteiger partial charge in [0, 0.05) is 29.1 Å². The van der Waals surface area contributed by atoms with Crippen LogP contribution in [0.15, 0.2) is 39.4 Å². The number of carbonyl (C=O) groups excluding carboxylic acids is 1. The summed E-state index contributed by atoms with van der Waals surface area (Å²) in [5.74, 6) is 0.731. The second-order valence-electron chi connectivity index (χ2n) is 5.50. The normalized spacial score (nSPS) is 10.8. The van der Waals surface area contributed by atoms with Crippen molar-refractivity contribution in [3.8, 4) is 0 Å². The number of aryl methyl sites for hydroxylation is 2. The van der Waals surface area contributed by atoms with E-state index >= 15 is 0 Å². The molecule has 2 heterocycles. The number of thioether (sulfide) groups is 1. The summed E-state index contributed by atoms with van der Waals surface area (Å²) >= 11 is 4.83. The smallest absolute Gasteiger partial charge is 0.230 e. The number of hydrogen-bond donors (Lipinski definition) is 0. The fraction of sp³-hybridized carbons (Fsp3) is 0.278. The highest BCUT2D eigenvalue weighted by atomic mass is 32.2. The van der Waals surface area contributed by atoms with Crippen LogP contribution in [0.4, 0.5) is 10.8 Å². The van der Waals surface area contributed by atoms with E-state index in [-0.39, 0.29) is 5.91 Å². The molecule has 0 N–H and O–H groups in total. The Morgan fingerprint density at radius 2 is 2.00 bits per heavy atom. The Morgan fingerprint density at radius 1 is 1.20 bits per heavy atom. The Labute approximate surface area is 159 Å².